The number of aromatic nitrogens is 1. The van der Waals surface area contributed by atoms with Gasteiger partial charge in [-0.1, -0.05) is 23.2 Å². The van der Waals surface area contributed by atoms with Gasteiger partial charge in [-0.3, -0.25) is 9.78 Å². The highest BCUT2D eigenvalue weighted by atomic mass is 35.5. The van der Waals surface area contributed by atoms with Crippen LogP contribution in [0.2, 0.25) is 10.0 Å². The molecule has 0 unspecified atom stereocenters. The SMILES string of the molecule is O=C(O)Cc1ccnc(-c2cc(Cl)cc(Cl)c2)c1F. The maximum Gasteiger partial charge on any atom is 0.307 e. The van der Waals surface area contributed by atoms with Crippen LogP contribution in [-0.2, 0) is 11.2 Å². The first-order valence-electron chi connectivity index (χ1n) is 5.29. The third-order valence-electron chi connectivity index (χ3n) is 2.45. The second kappa shape index (κ2) is 5.55. The van der Waals surface area contributed by atoms with E-state index < -0.39 is 18.2 Å². The van der Waals surface area contributed by atoms with Gasteiger partial charge in [-0.25, -0.2) is 4.39 Å². The van der Waals surface area contributed by atoms with Crippen molar-refractivity contribution >= 4 is 29.2 Å². The predicted octanol–water partition coefficient (Wildman–Crippen LogP) is 3.82. The minimum Gasteiger partial charge on any atom is -0.481 e. The second-order valence-electron chi connectivity index (χ2n) is 3.86. The van der Waals surface area contributed by atoms with Crippen LogP contribution in [0.5, 0.6) is 0 Å². The summed E-state index contributed by atoms with van der Waals surface area (Å²) in [7, 11) is 0. The fourth-order valence-corrected chi connectivity index (χ4v) is 2.20. The average molecular weight is 300 g/mol. The molecule has 0 aliphatic carbocycles. The Hall–Kier alpha value is -1.65. The van der Waals surface area contributed by atoms with Crippen molar-refractivity contribution in [2.75, 3.05) is 0 Å². The quantitative estimate of drug-likeness (QED) is 0.937. The van der Waals surface area contributed by atoms with E-state index in [0.29, 0.717) is 15.6 Å². The lowest BCUT2D eigenvalue weighted by Gasteiger charge is -2.07. The summed E-state index contributed by atoms with van der Waals surface area (Å²) in [5, 5.41) is 9.42. The molecule has 1 aromatic carbocycles. The minimum absolute atomic E-state index is 0.0307. The van der Waals surface area contributed by atoms with Crippen molar-refractivity contribution in [1.82, 2.24) is 4.98 Å². The molecule has 1 heterocycles. The van der Waals surface area contributed by atoms with Crippen molar-refractivity contribution in [3.63, 3.8) is 0 Å². The van der Waals surface area contributed by atoms with Crippen LogP contribution in [0, 0.1) is 5.82 Å². The normalized spacial score (nSPS) is 10.5. The second-order valence-corrected chi connectivity index (χ2v) is 4.73. The summed E-state index contributed by atoms with van der Waals surface area (Å²) < 4.78 is 14.2. The Morgan fingerprint density at radius 2 is 1.89 bits per heavy atom. The van der Waals surface area contributed by atoms with E-state index in [0.717, 1.165) is 0 Å². The van der Waals surface area contributed by atoms with Crippen LogP contribution in [0.1, 0.15) is 5.56 Å². The molecule has 1 N–H and O–H groups in total. The molecule has 98 valence electrons. The van der Waals surface area contributed by atoms with E-state index in [9.17, 15) is 9.18 Å². The first-order chi connectivity index (χ1) is 8.97. The van der Waals surface area contributed by atoms with Gasteiger partial charge < -0.3 is 5.11 Å². The van der Waals surface area contributed by atoms with Crippen LogP contribution in [0.3, 0.4) is 0 Å². The van der Waals surface area contributed by atoms with Crippen molar-refractivity contribution in [1.29, 1.82) is 0 Å². The van der Waals surface area contributed by atoms with Crippen molar-refractivity contribution in [2.45, 2.75) is 6.42 Å². The van der Waals surface area contributed by atoms with Crippen LogP contribution in [0.4, 0.5) is 4.39 Å². The third-order valence-corrected chi connectivity index (χ3v) is 2.88. The number of rotatable bonds is 3. The molecule has 0 atom stereocenters. The number of benzene rings is 1. The Bertz CT molecular complexity index is 626. The highest BCUT2D eigenvalue weighted by molar-refractivity contribution is 6.35. The number of hydrogen-bond donors (Lipinski definition) is 1. The number of carboxylic acids is 1. The summed E-state index contributed by atoms with van der Waals surface area (Å²) in [5.41, 5.74) is 0.499. The van der Waals surface area contributed by atoms with Gasteiger partial charge in [-0.15, -0.1) is 0 Å². The number of carboxylic acid groups (broad SMARTS) is 1. The van der Waals surface area contributed by atoms with E-state index in [1.165, 1.54) is 30.5 Å². The molecule has 0 amide bonds. The Morgan fingerprint density at radius 3 is 2.47 bits per heavy atom. The largest absolute Gasteiger partial charge is 0.481 e. The molecule has 0 spiro atoms. The fraction of sp³-hybridized carbons (Fsp3) is 0.0769. The number of carbonyl (C=O) groups is 1. The molecule has 0 aliphatic rings. The summed E-state index contributed by atoms with van der Waals surface area (Å²) in [6, 6.07) is 5.89. The van der Waals surface area contributed by atoms with Crippen LogP contribution in [0.25, 0.3) is 11.3 Å². The van der Waals surface area contributed by atoms with Crippen molar-refractivity contribution in [3.05, 3.63) is 51.9 Å². The lowest BCUT2D eigenvalue weighted by atomic mass is 10.1. The van der Waals surface area contributed by atoms with E-state index in [1.54, 1.807) is 0 Å². The smallest absolute Gasteiger partial charge is 0.307 e. The summed E-state index contributed by atoms with van der Waals surface area (Å²) >= 11 is 11.7. The molecular formula is C13H8Cl2FNO2. The molecular weight excluding hydrogens is 292 g/mol. The number of aliphatic carboxylic acids is 1. The zero-order chi connectivity index (χ0) is 14.0. The van der Waals surface area contributed by atoms with Gasteiger partial charge in [0.2, 0.25) is 0 Å². The number of pyridine rings is 1. The van der Waals surface area contributed by atoms with Crippen molar-refractivity contribution < 1.29 is 14.3 Å². The van der Waals surface area contributed by atoms with Gasteiger partial charge in [-0.2, -0.15) is 0 Å². The molecule has 3 nitrogen and oxygen atoms in total. The lowest BCUT2D eigenvalue weighted by molar-refractivity contribution is -0.136. The van der Waals surface area contributed by atoms with Crippen molar-refractivity contribution in [2.24, 2.45) is 0 Å². The maximum atomic E-state index is 14.2. The van der Waals surface area contributed by atoms with Gasteiger partial charge in [0.05, 0.1) is 6.42 Å². The lowest BCUT2D eigenvalue weighted by Crippen LogP contribution is -2.04. The zero-order valence-corrected chi connectivity index (χ0v) is 11.0. The first-order valence-corrected chi connectivity index (χ1v) is 6.04. The van der Waals surface area contributed by atoms with E-state index in [4.69, 9.17) is 28.3 Å². The zero-order valence-electron chi connectivity index (χ0n) is 9.53. The van der Waals surface area contributed by atoms with Crippen LogP contribution in [0.15, 0.2) is 30.5 Å². The average Bonchev–Trinajstić information content (AvgIpc) is 2.30. The van der Waals surface area contributed by atoms with Crippen LogP contribution in [-0.4, -0.2) is 16.1 Å². The molecule has 0 saturated carbocycles. The maximum absolute atomic E-state index is 14.2. The standard InChI is InChI=1S/C13H8Cl2FNO2/c14-9-3-8(4-10(15)6-9)13-12(16)7(1-2-17-13)5-11(18)19/h1-4,6H,5H2,(H,18,19). The van der Waals surface area contributed by atoms with E-state index in [-0.39, 0.29) is 11.3 Å². The highest BCUT2D eigenvalue weighted by Crippen LogP contribution is 2.28. The summed E-state index contributed by atoms with van der Waals surface area (Å²) in [6.45, 7) is 0. The topological polar surface area (TPSA) is 50.2 Å². The third kappa shape index (κ3) is 3.22. The number of halogens is 3. The molecule has 6 heteroatoms. The number of hydrogen-bond acceptors (Lipinski definition) is 2. The van der Waals surface area contributed by atoms with Crippen LogP contribution < -0.4 is 0 Å². The number of nitrogens with zero attached hydrogens (tertiary/aromatic N) is 1. The van der Waals surface area contributed by atoms with Gasteiger partial charge >= 0.3 is 5.97 Å². The molecule has 19 heavy (non-hydrogen) atoms. The monoisotopic (exact) mass is 299 g/mol. The molecule has 1 aromatic heterocycles. The molecule has 2 aromatic rings. The van der Waals surface area contributed by atoms with Crippen molar-refractivity contribution in [3.8, 4) is 11.3 Å². The molecule has 0 radical (unpaired) electrons. The van der Waals surface area contributed by atoms with Gasteiger partial charge in [0.15, 0.2) is 5.82 Å². The Labute approximate surface area is 118 Å². The molecule has 0 aliphatic heterocycles. The Balaban J connectivity index is 2.53. The van der Waals surface area contributed by atoms with Crippen LogP contribution >= 0.6 is 23.2 Å². The van der Waals surface area contributed by atoms with Gasteiger partial charge in [-0.05, 0) is 24.3 Å². The van der Waals surface area contributed by atoms with E-state index >= 15 is 0 Å². The van der Waals surface area contributed by atoms with Gasteiger partial charge in [0.25, 0.3) is 0 Å². The summed E-state index contributed by atoms with van der Waals surface area (Å²) in [6.07, 6.45) is 0.946. The summed E-state index contributed by atoms with van der Waals surface area (Å²) in [4.78, 5) is 14.6. The molecule has 0 fully saturated rings. The van der Waals surface area contributed by atoms with Gasteiger partial charge in [0, 0.05) is 27.4 Å². The van der Waals surface area contributed by atoms with E-state index in [2.05, 4.69) is 4.98 Å². The van der Waals surface area contributed by atoms with Gasteiger partial charge in [0.1, 0.15) is 5.69 Å². The minimum atomic E-state index is -1.11. The summed E-state index contributed by atoms with van der Waals surface area (Å²) in [5.74, 6) is -1.79. The Morgan fingerprint density at radius 1 is 1.26 bits per heavy atom. The predicted molar refractivity (Wildman–Crippen MR) is 71.0 cm³/mol. The fourth-order valence-electron chi connectivity index (χ4n) is 1.67. The molecule has 0 saturated heterocycles. The molecule has 2 rings (SSSR count). The molecule has 0 bridgehead atoms. The van der Waals surface area contributed by atoms with E-state index in [1.807, 2.05) is 0 Å². The first kappa shape index (κ1) is 13.8. The Kier molecular flexibility index (Phi) is 4.02. The highest BCUT2D eigenvalue weighted by Gasteiger charge is 2.14.